The molecule has 3 rings (SSSR count). The molecule has 1 aliphatic heterocycles. The van der Waals surface area contributed by atoms with Gasteiger partial charge in [-0.1, -0.05) is 0 Å². The van der Waals surface area contributed by atoms with Gasteiger partial charge in [-0.2, -0.15) is 0 Å². The molecule has 0 bridgehead atoms. The summed E-state index contributed by atoms with van der Waals surface area (Å²) in [6, 6.07) is 6.95. The first-order chi connectivity index (χ1) is 13.5. The quantitative estimate of drug-likeness (QED) is 0.764. The monoisotopic (exact) mass is 402 g/mol. The molecule has 0 atom stereocenters. The van der Waals surface area contributed by atoms with E-state index >= 15 is 0 Å². The molecule has 0 saturated carbocycles. The third-order valence-corrected chi connectivity index (χ3v) is 5.27. The van der Waals surface area contributed by atoms with Gasteiger partial charge >= 0.3 is 0 Å². The van der Waals surface area contributed by atoms with Crippen LogP contribution < -0.4 is 15.0 Å². The van der Waals surface area contributed by atoms with Crippen LogP contribution in [-0.4, -0.2) is 54.9 Å². The number of carbonyl (C=O) groups excluding carboxylic acids is 3. The van der Waals surface area contributed by atoms with Crippen LogP contribution in [0.3, 0.4) is 0 Å². The molecule has 1 fully saturated rings. The van der Waals surface area contributed by atoms with Crippen molar-refractivity contribution in [2.24, 2.45) is 0 Å². The summed E-state index contributed by atoms with van der Waals surface area (Å²) in [5.74, 6) is 0.264. The maximum absolute atomic E-state index is 12.4. The minimum Gasteiger partial charge on any atom is -0.497 e. The topological polar surface area (TPSA) is 91.8 Å². The van der Waals surface area contributed by atoms with E-state index in [0.717, 1.165) is 6.42 Å². The maximum Gasteiger partial charge on any atom is 0.243 e. The third kappa shape index (κ3) is 4.86. The van der Waals surface area contributed by atoms with E-state index in [1.54, 1.807) is 48.7 Å². The lowest BCUT2D eigenvalue weighted by Crippen LogP contribution is -2.35. The van der Waals surface area contributed by atoms with Crippen LogP contribution in [0.5, 0.6) is 5.75 Å². The van der Waals surface area contributed by atoms with E-state index in [9.17, 15) is 14.4 Å². The number of nitrogens with one attached hydrogen (secondary N) is 1. The fourth-order valence-corrected chi connectivity index (χ4v) is 3.69. The van der Waals surface area contributed by atoms with Crippen LogP contribution in [0, 0.1) is 0 Å². The van der Waals surface area contributed by atoms with Crippen LogP contribution in [0.1, 0.15) is 18.5 Å². The van der Waals surface area contributed by atoms with Gasteiger partial charge in [0.15, 0.2) is 5.13 Å². The van der Waals surface area contributed by atoms with Crippen molar-refractivity contribution in [3.8, 4) is 5.75 Å². The van der Waals surface area contributed by atoms with Gasteiger partial charge in [-0.05, 0) is 30.7 Å². The molecule has 9 heteroatoms. The number of amides is 3. The highest BCUT2D eigenvalue weighted by Gasteiger charge is 2.24. The third-order valence-electron chi connectivity index (χ3n) is 4.36. The number of aromatic nitrogens is 1. The van der Waals surface area contributed by atoms with Crippen molar-refractivity contribution in [1.29, 1.82) is 0 Å². The number of methoxy groups -OCH3 is 1. The molecule has 2 heterocycles. The van der Waals surface area contributed by atoms with Gasteiger partial charge in [-0.15, -0.1) is 11.3 Å². The summed E-state index contributed by atoms with van der Waals surface area (Å²) in [5.41, 5.74) is 1.23. The molecule has 1 aromatic carbocycles. The number of rotatable bonds is 7. The Kier molecular flexibility index (Phi) is 6.25. The Hall–Kier alpha value is -2.94. The zero-order chi connectivity index (χ0) is 20.1. The first kappa shape index (κ1) is 19.8. The van der Waals surface area contributed by atoms with Gasteiger partial charge in [0.25, 0.3) is 0 Å². The molecule has 148 valence electrons. The Bertz CT molecular complexity index is 865. The van der Waals surface area contributed by atoms with Crippen molar-refractivity contribution in [2.45, 2.75) is 19.3 Å². The van der Waals surface area contributed by atoms with E-state index in [1.807, 2.05) is 0 Å². The van der Waals surface area contributed by atoms with Gasteiger partial charge in [0.1, 0.15) is 5.75 Å². The highest BCUT2D eigenvalue weighted by atomic mass is 32.1. The van der Waals surface area contributed by atoms with Gasteiger partial charge < -0.3 is 15.0 Å². The molecular formula is C19H22N4O4S. The van der Waals surface area contributed by atoms with E-state index in [-0.39, 0.29) is 30.7 Å². The fraction of sp³-hybridized carbons (Fsp3) is 0.368. The second-order valence-electron chi connectivity index (χ2n) is 6.47. The van der Waals surface area contributed by atoms with Crippen LogP contribution in [0.25, 0.3) is 0 Å². The molecule has 1 saturated heterocycles. The molecule has 0 unspecified atom stereocenters. The van der Waals surface area contributed by atoms with Crippen molar-refractivity contribution >= 4 is 39.9 Å². The molecule has 1 N–H and O–H groups in total. The summed E-state index contributed by atoms with van der Waals surface area (Å²) < 4.78 is 5.07. The Balaban J connectivity index is 1.50. The molecule has 2 aromatic rings. The van der Waals surface area contributed by atoms with Crippen LogP contribution in [0.2, 0.25) is 0 Å². The SMILES string of the molecule is COc1ccc(NC(=O)CN(C)C(=O)Cc2csc(N3CCCC3=O)n2)cc1. The zero-order valence-electron chi connectivity index (χ0n) is 15.8. The molecule has 0 aliphatic carbocycles. The lowest BCUT2D eigenvalue weighted by Gasteiger charge is -2.16. The highest BCUT2D eigenvalue weighted by molar-refractivity contribution is 7.14. The second-order valence-corrected chi connectivity index (χ2v) is 7.31. The van der Waals surface area contributed by atoms with E-state index in [1.165, 1.54) is 16.2 Å². The molecule has 28 heavy (non-hydrogen) atoms. The van der Waals surface area contributed by atoms with E-state index in [2.05, 4.69) is 10.3 Å². The number of likely N-dealkylation sites (N-methyl/N-ethyl adjacent to an activating group) is 1. The Labute approximate surface area is 167 Å². The lowest BCUT2D eigenvalue weighted by atomic mass is 10.3. The number of carbonyl (C=O) groups is 3. The first-order valence-electron chi connectivity index (χ1n) is 8.89. The normalized spacial score (nSPS) is 13.5. The minimum atomic E-state index is -0.289. The predicted octanol–water partition coefficient (Wildman–Crippen LogP) is 1.92. The lowest BCUT2D eigenvalue weighted by molar-refractivity contribution is -0.132. The van der Waals surface area contributed by atoms with Crippen molar-refractivity contribution in [3.63, 3.8) is 0 Å². The maximum atomic E-state index is 12.4. The summed E-state index contributed by atoms with van der Waals surface area (Å²) in [4.78, 5) is 43.7. The molecule has 1 aliphatic rings. The van der Waals surface area contributed by atoms with Crippen molar-refractivity contribution in [2.75, 3.05) is 37.5 Å². The predicted molar refractivity (Wildman–Crippen MR) is 107 cm³/mol. The molecule has 0 radical (unpaired) electrons. The smallest absolute Gasteiger partial charge is 0.243 e. The van der Waals surface area contributed by atoms with E-state index in [4.69, 9.17) is 4.74 Å². The first-order valence-corrected chi connectivity index (χ1v) is 9.77. The number of hydrogen-bond acceptors (Lipinski definition) is 6. The zero-order valence-corrected chi connectivity index (χ0v) is 16.6. The molecule has 1 aromatic heterocycles. The summed E-state index contributed by atoms with van der Waals surface area (Å²) >= 11 is 1.36. The molecule has 0 spiro atoms. The number of hydrogen-bond donors (Lipinski definition) is 1. The summed E-state index contributed by atoms with van der Waals surface area (Å²) in [6.45, 7) is 0.609. The fourth-order valence-electron chi connectivity index (χ4n) is 2.82. The summed E-state index contributed by atoms with van der Waals surface area (Å²) in [5, 5.41) is 5.15. The van der Waals surface area contributed by atoms with Crippen molar-refractivity contribution in [3.05, 3.63) is 35.3 Å². The van der Waals surface area contributed by atoms with Crippen LogP contribution in [0.15, 0.2) is 29.6 Å². The van der Waals surface area contributed by atoms with E-state index in [0.29, 0.717) is 35.2 Å². The number of nitrogens with zero attached hydrogens (tertiary/aromatic N) is 3. The van der Waals surface area contributed by atoms with E-state index < -0.39 is 0 Å². The second kappa shape index (κ2) is 8.83. The highest BCUT2D eigenvalue weighted by Crippen LogP contribution is 2.25. The number of thiazole rings is 1. The largest absolute Gasteiger partial charge is 0.497 e. The summed E-state index contributed by atoms with van der Waals surface area (Å²) in [7, 11) is 3.15. The number of ether oxygens (including phenoxy) is 1. The van der Waals surface area contributed by atoms with Gasteiger partial charge in [0.05, 0.1) is 25.8 Å². The number of benzene rings is 1. The average molecular weight is 402 g/mol. The molecular weight excluding hydrogens is 380 g/mol. The van der Waals surface area contributed by atoms with Crippen molar-refractivity contribution in [1.82, 2.24) is 9.88 Å². The average Bonchev–Trinajstić information content (AvgIpc) is 3.30. The van der Waals surface area contributed by atoms with Crippen molar-refractivity contribution < 1.29 is 19.1 Å². The van der Waals surface area contributed by atoms with Crippen LogP contribution in [-0.2, 0) is 20.8 Å². The van der Waals surface area contributed by atoms with Gasteiger partial charge in [0.2, 0.25) is 17.7 Å². The van der Waals surface area contributed by atoms with Gasteiger partial charge in [-0.3, -0.25) is 19.3 Å². The Morgan fingerprint density at radius 3 is 2.71 bits per heavy atom. The standard InChI is InChI=1S/C19H22N4O4S/c1-22(11-16(24)20-13-5-7-15(27-2)8-6-13)18(26)10-14-12-28-19(21-14)23-9-3-4-17(23)25/h5-8,12H,3-4,9-11H2,1-2H3,(H,20,24). The Morgan fingerprint density at radius 2 is 2.07 bits per heavy atom. The Morgan fingerprint density at radius 1 is 1.32 bits per heavy atom. The summed E-state index contributed by atoms with van der Waals surface area (Å²) in [6.07, 6.45) is 1.46. The minimum absolute atomic E-state index is 0.0630. The van der Waals surface area contributed by atoms with Gasteiger partial charge in [0, 0.05) is 31.1 Å². The number of anilines is 2. The molecule has 3 amide bonds. The van der Waals surface area contributed by atoms with Crippen LogP contribution in [0.4, 0.5) is 10.8 Å². The molecule has 8 nitrogen and oxygen atoms in total. The van der Waals surface area contributed by atoms with Gasteiger partial charge in [-0.25, -0.2) is 4.98 Å². The van der Waals surface area contributed by atoms with Crippen LogP contribution >= 0.6 is 11.3 Å².